The number of carbonyl (C=O) groups excluding carboxylic acids is 1. The molecule has 2 heterocycles. The van der Waals surface area contributed by atoms with Crippen molar-refractivity contribution in [1.29, 1.82) is 0 Å². The summed E-state index contributed by atoms with van der Waals surface area (Å²) in [4.78, 5) is 15.3. The number of rotatable bonds is 3. The Morgan fingerprint density at radius 3 is 2.52 bits per heavy atom. The number of ether oxygens (including phenoxy) is 1. The van der Waals surface area contributed by atoms with E-state index in [1.807, 2.05) is 12.1 Å². The van der Waals surface area contributed by atoms with Gasteiger partial charge in [-0.25, -0.2) is 0 Å². The van der Waals surface area contributed by atoms with Crippen LogP contribution in [0.25, 0.3) is 0 Å². The lowest BCUT2D eigenvalue weighted by molar-refractivity contribution is -0.0702. The standard InChI is InChI=1S/C18H25NO2/c1-12(2)13-5-4-6-14(7-13)18(20)15-8-16-10-21-11-17(9-15)19(16)3/h4-7,12,15-17H,8-11H2,1-3H3. The first-order chi connectivity index (χ1) is 10.1. The third-order valence-corrected chi connectivity index (χ3v) is 5.09. The molecule has 2 aliphatic heterocycles. The highest BCUT2D eigenvalue weighted by Gasteiger charge is 2.39. The summed E-state index contributed by atoms with van der Waals surface area (Å²) in [5.41, 5.74) is 2.13. The summed E-state index contributed by atoms with van der Waals surface area (Å²) in [6.07, 6.45) is 1.86. The molecule has 3 heteroatoms. The number of fused-ring (bicyclic) bond motifs is 2. The van der Waals surface area contributed by atoms with Crippen molar-refractivity contribution in [2.24, 2.45) is 5.92 Å². The summed E-state index contributed by atoms with van der Waals surface area (Å²) < 4.78 is 5.64. The predicted octanol–water partition coefficient (Wildman–Crippen LogP) is 3.10. The van der Waals surface area contributed by atoms with Gasteiger partial charge in [0.05, 0.1) is 13.2 Å². The van der Waals surface area contributed by atoms with E-state index in [2.05, 4.69) is 37.9 Å². The minimum atomic E-state index is 0.155. The quantitative estimate of drug-likeness (QED) is 0.800. The number of ketones is 1. The van der Waals surface area contributed by atoms with Crippen molar-refractivity contribution < 1.29 is 9.53 Å². The summed E-state index contributed by atoms with van der Waals surface area (Å²) in [5, 5.41) is 0. The molecule has 0 aliphatic carbocycles. The Bertz CT molecular complexity index is 512. The highest BCUT2D eigenvalue weighted by molar-refractivity contribution is 5.98. The number of morpholine rings is 1. The number of likely N-dealkylation sites (N-methyl/N-ethyl adjacent to an activating group) is 1. The van der Waals surface area contributed by atoms with Gasteiger partial charge in [0.15, 0.2) is 5.78 Å². The van der Waals surface area contributed by atoms with Crippen LogP contribution in [0.1, 0.15) is 48.5 Å². The van der Waals surface area contributed by atoms with E-state index >= 15 is 0 Å². The largest absolute Gasteiger partial charge is 0.378 e. The summed E-state index contributed by atoms with van der Waals surface area (Å²) >= 11 is 0. The minimum Gasteiger partial charge on any atom is -0.378 e. The van der Waals surface area contributed by atoms with Crippen LogP contribution in [0.5, 0.6) is 0 Å². The average molecular weight is 287 g/mol. The molecule has 2 fully saturated rings. The molecule has 0 N–H and O–H groups in total. The van der Waals surface area contributed by atoms with E-state index in [-0.39, 0.29) is 5.92 Å². The normalized spacial score (nSPS) is 29.6. The Hall–Kier alpha value is -1.19. The van der Waals surface area contributed by atoms with Gasteiger partial charge in [-0.15, -0.1) is 0 Å². The van der Waals surface area contributed by atoms with Crippen LogP contribution in [0.3, 0.4) is 0 Å². The second kappa shape index (κ2) is 5.90. The van der Waals surface area contributed by atoms with Crippen LogP contribution in [0, 0.1) is 5.92 Å². The number of benzene rings is 1. The number of piperidine rings is 1. The lowest BCUT2D eigenvalue weighted by Crippen LogP contribution is -2.55. The molecular weight excluding hydrogens is 262 g/mol. The zero-order valence-electron chi connectivity index (χ0n) is 13.2. The fraction of sp³-hybridized carbons (Fsp3) is 0.611. The van der Waals surface area contributed by atoms with Gasteiger partial charge in [0.2, 0.25) is 0 Å². The van der Waals surface area contributed by atoms with Crippen LogP contribution >= 0.6 is 0 Å². The molecule has 1 aromatic carbocycles. The van der Waals surface area contributed by atoms with E-state index < -0.39 is 0 Å². The van der Waals surface area contributed by atoms with Gasteiger partial charge in [-0.2, -0.15) is 0 Å². The van der Waals surface area contributed by atoms with E-state index in [4.69, 9.17) is 4.74 Å². The summed E-state index contributed by atoms with van der Waals surface area (Å²) in [6.45, 7) is 5.87. The minimum absolute atomic E-state index is 0.155. The van der Waals surface area contributed by atoms with Crippen LogP contribution in [-0.4, -0.2) is 43.0 Å². The van der Waals surface area contributed by atoms with Gasteiger partial charge in [-0.3, -0.25) is 9.69 Å². The first kappa shape index (κ1) is 14.7. The van der Waals surface area contributed by atoms with Gasteiger partial charge >= 0.3 is 0 Å². The molecule has 2 bridgehead atoms. The molecule has 2 atom stereocenters. The third-order valence-electron chi connectivity index (χ3n) is 5.09. The maximum absolute atomic E-state index is 12.9. The topological polar surface area (TPSA) is 29.5 Å². The highest BCUT2D eigenvalue weighted by Crippen LogP contribution is 2.32. The lowest BCUT2D eigenvalue weighted by Gasteiger charge is -2.46. The number of nitrogens with zero attached hydrogens (tertiary/aromatic N) is 1. The first-order valence-electron chi connectivity index (χ1n) is 8.00. The van der Waals surface area contributed by atoms with Gasteiger partial charge in [0.1, 0.15) is 0 Å². The van der Waals surface area contributed by atoms with E-state index in [0.717, 1.165) is 31.6 Å². The van der Waals surface area contributed by atoms with E-state index in [9.17, 15) is 4.79 Å². The van der Waals surface area contributed by atoms with Crippen molar-refractivity contribution in [2.75, 3.05) is 20.3 Å². The van der Waals surface area contributed by atoms with E-state index in [1.165, 1.54) is 5.56 Å². The van der Waals surface area contributed by atoms with Crippen molar-refractivity contribution in [3.05, 3.63) is 35.4 Å². The van der Waals surface area contributed by atoms with Gasteiger partial charge in [-0.1, -0.05) is 32.0 Å². The number of Topliss-reactive ketones (excluding diaryl/α,β-unsaturated/α-hetero) is 1. The first-order valence-corrected chi connectivity index (χ1v) is 8.00. The van der Waals surface area contributed by atoms with Crippen LogP contribution < -0.4 is 0 Å². The monoisotopic (exact) mass is 287 g/mol. The Morgan fingerprint density at radius 2 is 1.90 bits per heavy atom. The summed E-state index contributed by atoms with van der Waals surface area (Å²) in [6, 6.07) is 8.98. The lowest BCUT2D eigenvalue weighted by atomic mass is 9.80. The molecule has 114 valence electrons. The maximum Gasteiger partial charge on any atom is 0.166 e. The third kappa shape index (κ3) is 2.90. The van der Waals surface area contributed by atoms with Crippen molar-refractivity contribution in [2.45, 2.75) is 44.7 Å². The summed E-state index contributed by atoms with van der Waals surface area (Å²) in [7, 11) is 2.16. The fourth-order valence-corrected chi connectivity index (χ4v) is 3.60. The van der Waals surface area contributed by atoms with Crippen LogP contribution in [0.4, 0.5) is 0 Å². The highest BCUT2D eigenvalue weighted by atomic mass is 16.5. The smallest absolute Gasteiger partial charge is 0.166 e. The molecule has 1 aromatic rings. The Kier molecular flexibility index (Phi) is 4.14. The molecule has 2 aliphatic rings. The second-order valence-corrected chi connectivity index (χ2v) is 6.82. The Morgan fingerprint density at radius 1 is 1.24 bits per heavy atom. The maximum atomic E-state index is 12.9. The van der Waals surface area contributed by atoms with Crippen LogP contribution in [-0.2, 0) is 4.74 Å². The van der Waals surface area contributed by atoms with Crippen molar-refractivity contribution >= 4 is 5.78 Å². The molecule has 2 saturated heterocycles. The van der Waals surface area contributed by atoms with E-state index in [1.54, 1.807) is 0 Å². The zero-order chi connectivity index (χ0) is 15.0. The molecule has 3 nitrogen and oxygen atoms in total. The summed E-state index contributed by atoms with van der Waals surface area (Å²) in [5.74, 6) is 0.938. The SMILES string of the molecule is CC(C)c1cccc(C(=O)C2CC3COCC(C2)N3C)c1. The van der Waals surface area contributed by atoms with Gasteiger partial charge in [-0.05, 0) is 37.4 Å². The van der Waals surface area contributed by atoms with Gasteiger partial charge in [0, 0.05) is 23.6 Å². The molecule has 0 radical (unpaired) electrons. The second-order valence-electron chi connectivity index (χ2n) is 6.82. The Balaban J connectivity index is 1.78. The molecule has 21 heavy (non-hydrogen) atoms. The predicted molar refractivity (Wildman–Crippen MR) is 83.7 cm³/mol. The van der Waals surface area contributed by atoms with Crippen molar-refractivity contribution in [1.82, 2.24) is 4.90 Å². The molecular formula is C18H25NO2. The van der Waals surface area contributed by atoms with Crippen molar-refractivity contribution in [3.8, 4) is 0 Å². The molecule has 0 spiro atoms. The molecule has 0 amide bonds. The van der Waals surface area contributed by atoms with Crippen molar-refractivity contribution in [3.63, 3.8) is 0 Å². The average Bonchev–Trinajstić information content (AvgIpc) is 2.46. The number of carbonyl (C=O) groups is 1. The number of hydrogen-bond donors (Lipinski definition) is 0. The van der Waals surface area contributed by atoms with Crippen LogP contribution in [0.2, 0.25) is 0 Å². The van der Waals surface area contributed by atoms with Gasteiger partial charge < -0.3 is 4.74 Å². The molecule has 3 rings (SSSR count). The zero-order valence-corrected chi connectivity index (χ0v) is 13.2. The van der Waals surface area contributed by atoms with Crippen LogP contribution in [0.15, 0.2) is 24.3 Å². The number of hydrogen-bond acceptors (Lipinski definition) is 3. The van der Waals surface area contributed by atoms with E-state index in [0.29, 0.717) is 23.8 Å². The van der Waals surface area contributed by atoms with Gasteiger partial charge in [0.25, 0.3) is 0 Å². The fourth-order valence-electron chi connectivity index (χ4n) is 3.60. The Labute approximate surface area is 127 Å². The molecule has 0 aromatic heterocycles. The molecule has 2 unspecified atom stereocenters. The molecule has 0 saturated carbocycles.